The fraction of sp³-hybridized carbons (Fsp3) is 0.533. The van der Waals surface area contributed by atoms with E-state index >= 15 is 0 Å². The minimum Gasteiger partial charge on any atom is -0.376 e. The van der Waals surface area contributed by atoms with Crippen LogP contribution >= 0.6 is 0 Å². The zero-order valence-corrected chi connectivity index (χ0v) is 14.3. The molecular weight excluding hydrogens is 342 g/mol. The minimum atomic E-state index is -3.88. The summed E-state index contributed by atoms with van der Waals surface area (Å²) in [4.78, 5) is 12.3. The Kier molecular flexibility index (Phi) is 5.76. The molecule has 1 saturated heterocycles. The van der Waals surface area contributed by atoms with Crippen LogP contribution in [0.4, 0.5) is 14.5 Å². The predicted octanol–water partition coefficient (Wildman–Crippen LogP) is 1.41. The zero-order valence-electron chi connectivity index (χ0n) is 13.5. The van der Waals surface area contributed by atoms with Crippen molar-refractivity contribution in [3.05, 3.63) is 29.8 Å². The Morgan fingerprint density at radius 1 is 1.42 bits per heavy atom. The summed E-state index contributed by atoms with van der Waals surface area (Å²) in [7, 11) is -3.88. The largest absolute Gasteiger partial charge is 0.376 e. The van der Waals surface area contributed by atoms with E-state index in [1.165, 1.54) is 6.92 Å². The highest BCUT2D eigenvalue weighted by Gasteiger charge is 2.30. The molecule has 24 heavy (non-hydrogen) atoms. The number of halogens is 2. The third-order valence-electron chi connectivity index (χ3n) is 3.77. The van der Waals surface area contributed by atoms with E-state index in [4.69, 9.17) is 4.74 Å². The van der Waals surface area contributed by atoms with E-state index in [-0.39, 0.29) is 18.3 Å². The highest BCUT2D eigenvalue weighted by Crippen LogP contribution is 2.23. The first-order valence-corrected chi connectivity index (χ1v) is 9.38. The van der Waals surface area contributed by atoms with Crippen molar-refractivity contribution in [1.29, 1.82) is 0 Å². The third-order valence-corrected chi connectivity index (χ3v) is 5.02. The summed E-state index contributed by atoms with van der Waals surface area (Å²) < 4.78 is 56.7. The average molecular weight is 362 g/mol. The molecular formula is C15H20F2N2O4S. The Bertz CT molecular complexity index is 705. The molecule has 9 heteroatoms. The Morgan fingerprint density at radius 2 is 2.12 bits per heavy atom. The van der Waals surface area contributed by atoms with Crippen LogP contribution in [0.1, 0.15) is 19.8 Å². The average Bonchev–Trinajstić information content (AvgIpc) is 3.00. The summed E-state index contributed by atoms with van der Waals surface area (Å²) in [5.74, 6) is -2.82. The lowest BCUT2D eigenvalue weighted by Crippen LogP contribution is -2.49. The van der Waals surface area contributed by atoms with Gasteiger partial charge in [0.05, 0.1) is 18.0 Å². The van der Waals surface area contributed by atoms with Crippen LogP contribution in [0.3, 0.4) is 0 Å². The van der Waals surface area contributed by atoms with Crippen molar-refractivity contribution >= 4 is 21.6 Å². The van der Waals surface area contributed by atoms with Crippen molar-refractivity contribution in [3.8, 4) is 0 Å². The van der Waals surface area contributed by atoms with Crippen LogP contribution in [0.2, 0.25) is 0 Å². The van der Waals surface area contributed by atoms with Gasteiger partial charge in [-0.15, -0.1) is 0 Å². The summed E-state index contributed by atoms with van der Waals surface area (Å²) in [6.07, 6.45) is 2.56. The highest BCUT2D eigenvalue weighted by atomic mass is 32.2. The normalized spacial score (nSPS) is 19.1. The summed E-state index contributed by atoms with van der Waals surface area (Å²) in [6, 6.07) is 1.56. The van der Waals surface area contributed by atoms with Gasteiger partial charge in [0.25, 0.3) is 0 Å². The monoisotopic (exact) mass is 362 g/mol. The van der Waals surface area contributed by atoms with E-state index in [0.717, 1.165) is 41.6 Å². The molecule has 1 fully saturated rings. The van der Waals surface area contributed by atoms with Crippen molar-refractivity contribution in [3.63, 3.8) is 0 Å². The van der Waals surface area contributed by atoms with Crippen LogP contribution in [0, 0.1) is 11.6 Å². The molecule has 0 aromatic heterocycles. The topological polar surface area (TPSA) is 75.7 Å². The molecule has 2 atom stereocenters. The number of hydrogen-bond donors (Lipinski definition) is 1. The maximum atomic E-state index is 13.4. The Balaban J connectivity index is 2.17. The summed E-state index contributed by atoms with van der Waals surface area (Å²) in [5.41, 5.74) is -0.115. The lowest BCUT2D eigenvalue weighted by atomic mass is 10.2. The molecule has 0 saturated carbocycles. The van der Waals surface area contributed by atoms with Crippen LogP contribution in [0.15, 0.2) is 18.2 Å². The number of hydrogen-bond acceptors (Lipinski definition) is 4. The Labute approximate surface area is 139 Å². The molecule has 2 rings (SSSR count). The maximum Gasteiger partial charge on any atom is 0.243 e. The number of sulfonamides is 1. The molecule has 1 heterocycles. The molecule has 1 aliphatic heterocycles. The first-order chi connectivity index (χ1) is 11.2. The predicted molar refractivity (Wildman–Crippen MR) is 85.1 cm³/mol. The van der Waals surface area contributed by atoms with Gasteiger partial charge in [0.15, 0.2) is 11.6 Å². The van der Waals surface area contributed by atoms with E-state index in [2.05, 4.69) is 5.32 Å². The van der Waals surface area contributed by atoms with Gasteiger partial charge in [0.1, 0.15) is 6.04 Å². The molecule has 0 unspecified atom stereocenters. The molecule has 0 aliphatic carbocycles. The number of carbonyl (C=O) groups excluding carboxylic acids is 1. The van der Waals surface area contributed by atoms with Crippen molar-refractivity contribution in [2.24, 2.45) is 0 Å². The van der Waals surface area contributed by atoms with Crippen LogP contribution in [0.25, 0.3) is 0 Å². The zero-order chi connectivity index (χ0) is 17.9. The molecule has 0 bridgehead atoms. The first-order valence-electron chi connectivity index (χ1n) is 7.54. The third kappa shape index (κ3) is 4.41. The number of ether oxygens (including phenoxy) is 1. The van der Waals surface area contributed by atoms with Crippen molar-refractivity contribution in [2.75, 3.05) is 23.7 Å². The van der Waals surface area contributed by atoms with Crippen LogP contribution in [-0.2, 0) is 19.6 Å². The van der Waals surface area contributed by atoms with Gasteiger partial charge in [0.2, 0.25) is 15.9 Å². The maximum absolute atomic E-state index is 13.4. The van der Waals surface area contributed by atoms with Gasteiger partial charge in [-0.3, -0.25) is 9.10 Å². The molecule has 1 N–H and O–H groups in total. The van der Waals surface area contributed by atoms with Gasteiger partial charge in [-0.05, 0) is 31.9 Å². The van der Waals surface area contributed by atoms with Gasteiger partial charge in [-0.25, -0.2) is 17.2 Å². The number of benzene rings is 1. The van der Waals surface area contributed by atoms with Gasteiger partial charge >= 0.3 is 0 Å². The van der Waals surface area contributed by atoms with E-state index in [1.54, 1.807) is 0 Å². The number of anilines is 1. The van der Waals surface area contributed by atoms with Gasteiger partial charge in [-0.2, -0.15) is 0 Å². The smallest absolute Gasteiger partial charge is 0.243 e. The van der Waals surface area contributed by atoms with Crippen molar-refractivity contribution in [1.82, 2.24) is 5.32 Å². The minimum absolute atomic E-state index is 0.0869. The second-order valence-corrected chi connectivity index (χ2v) is 7.57. The molecule has 134 valence electrons. The standard InChI is InChI=1S/C15H20F2N2O4S/c1-10(15(20)18-9-12-4-3-7-23-12)19(24(2,21)22)11-5-6-13(16)14(17)8-11/h5-6,8,10,12H,3-4,7,9H2,1-2H3,(H,18,20)/t10-,12+/m0/s1. The van der Waals surface area contributed by atoms with Crippen LogP contribution < -0.4 is 9.62 Å². The molecule has 1 amide bonds. The lowest BCUT2D eigenvalue weighted by molar-refractivity contribution is -0.122. The molecule has 1 aromatic rings. The number of amides is 1. The molecule has 6 nitrogen and oxygen atoms in total. The molecule has 1 aliphatic rings. The number of rotatable bonds is 6. The van der Waals surface area contributed by atoms with Crippen molar-refractivity contribution in [2.45, 2.75) is 31.9 Å². The van der Waals surface area contributed by atoms with E-state index in [9.17, 15) is 22.0 Å². The summed E-state index contributed by atoms with van der Waals surface area (Å²) >= 11 is 0. The van der Waals surface area contributed by atoms with E-state index in [1.807, 2.05) is 0 Å². The fourth-order valence-corrected chi connectivity index (χ4v) is 3.77. The molecule has 0 spiro atoms. The Hall–Kier alpha value is -1.74. The Morgan fingerprint density at radius 3 is 2.67 bits per heavy atom. The lowest BCUT2D eigenvalue weighted by Gasteiger charge is -2.28. The second-order valence-electron chi connectivity index (χ2n) is 5.71. The second kappa shape index (κ2) is 7.43. The number of carbonyl (C=O) groups is 1. The van der Waals surface area contributed by atoms with Crippen molar-refractivity contribution < 1.29 is 26.7 Å². The summed E-state index contributed by atoms with van der Waals surface area (Å²) in [5, 5.41) is 2.63. The fourth-order valence-electron chi connectivity index (χ4n) is 2.60. The van der Waals surface area contributed by atoms with Gasteiger partial charge in [0, 0.05) is 19.2 Å². The molecule has 0 radical (unpaired) electrons. The highest BCUT2D eigenvalue weighted by molar-refractivity contribution is 7.92. The summed E-state index contributed by atoms with van der Waals surface area (Å²) in [6.45, 7) is 2.30. The van der Waals surface area contributed by atoms with Gasteiger partial charge in [-0.1, -0.05) is 0 Å². The number of nitrogens with zero attached hydrogens (tertiary/aromatic N) is 1. The van der Waals surface area contributed by atoms with Crippen LogP contribution in [0.5, 0.6) is 0 Å². The van der Waals surface area contributed by atoms with Gasteiger partial charge < -0.3 is 10.1 Å². The quantitative estimate of drug-likeness (QED) is 0.830. The van der Waals surface area contributed by atoms with E-state index in [0.29, 0.717) is 6.61 Å². The van der Waals surface area contributed by atoms with Crippen LogP contribution in [-0.4, -0.2) is 45.9 Å². The number of nitrogens with one attached hydrogen (secondary N) is 1. The van der Waals surface area contributed by atoms with E-state index < -0.39 is 33.6 Å². The first kappa shape index (κ1) is 18.6. The molecule has 1 aromatic carbocycles. The SMILES string of the molecule is C[C@@H](C(=O)NC[C@H]1CCCO1)N(c1ccc(F)c(F)c1)S(C)(=O)=O.